The first-order valence-corrected chi connectivity index (χ1v) is 9.93. The lowest BCUT2D eigenvalue weighted by atomic mass is 10.1. The molecule has 0 spiro atoms. The molecule has 3 rings (SSSR count). The van der Waals surface area contributed by atoms with Crippen molar-refractivity contribution < 1.29 is 14.3 Å². The summed E-state index contributed by atoms with van der Waals surface area (Å²) < 4.78 is 13.0. The van der Waals surface area contributed by atoms with Gasteiger partial charge in [-0.25, -0.2) is 9.37 Å². The lowest BCUT2D eigenvalue weighted by Crippen LogP contribution is -2.29. The summed E-state index contributed by atoms with van der Waals surface area (Å²) in [5.74, 6) is -0.0426. The van der Waals surface area contributed by atoms with Gasteiger partial charge in [-0.1, -0.05) is 35.9 Å². The van der Waals surface area contributed by atoms with Crippen molar-refractivity contribution in [3.63, 3.8) is 0 Å². The van der Waals surface area contributed by atoms with Gasteiger partial charge in [0.2, 0.25) is 0 Å². The molecule has 4 nitrogen and oxygen atoms in total. The minimum absolute atomic E-state index is 0.0669. The van der Waals surface area contributed by atoms with Gasteiger partial charge in [0.15, 0.2) is 0 Å². The van der Waals surface area contributed by atoms with Crippen molar-refractivity contribution in [1.29, 1.82) is 0 Å². The standard InChI is InChI=1S/C21H18ClFN2O2S/c22-16-7-5-15(6-8-16)19(26)12-25-20(27)18-2-1-11-24-21(18)28-13-14-3-9-17(23)10-4-14/h1-11,19,26H,12-13H2,(H,25,27). The average Bonchev–Trinajstić information content (AvgIpc) is 2.72. The summed E-state index contributed by atoms with van der Waals surface area (Å²) >= 11 is 7.24. The number of nitrogens with zero attached hydrogens (tertiary/aromatic N) is 1. The first kappa shape index (κ1) is 20.3. The van der Waals surface area contributed by atoms with Gasteiger partial charge in [0, 0.05) is 23.5 Å². The molecule has 0 fully saturated rings. The van der Waals surface area contributed by atoms with Crippen molar-refractivity contribution in [2.45, 2.75) is 16.9 Å². The van der Waals surface area contributed by atoms with Crippen molar-refractivity contribution in [1.82, 2.24) is 10.3 Å². The van der Waals surface area contributed by atoms with E-state index in [4.69, 9.17) is 11.6 Å². The predicted molar refractivity (Wildman–Crippen MR) is 109 cm³/mol. The molecular formula is C21H18ClFN2O2S. The smallest absolute Gasteiger partial charge is 0.254 e. The van der Waals surface area contributed by atoms with E-state index in [0.717, 1.165) is 5.56 Å². The van der Waals surface area contributed by atoms with Crippen molar-refractivity contribution in [2.24, 2.45) is 0 Å². The molecule has 0 radical (unpaired) electrons. The lowest BCUT2D eigenvalue weighted by Gasteiger charge is -2.13. The molecule has 1 atom stereocenters. The molecule has 2 N–H and O–H groups in total. The molecule has 2 aromatic carbocycles. The second-order valence-electron chi connectivity index (χ2n) is 6.05. The van der Waals surface area contributed by atoms with Gasteiger partial charge in [-0.2, -0.15) is 0 Å². The Hall–Kier alpha value is -2.41. The fourth-order valence-corrected chi connectivity index (χ4v) is 3.57. The number of hydrogen-bond acceptors (Lipinski definition) is 4. The van der Waals surface area contributed by atoms with Crippen LogP contribution >= 0.6 is 23.4 Å². The van der Waals surface area contributed by atoms with Crippen LogP contribution in [0.2, 0.25) is 5.02 Å². The second kappa shape index (κ2) is 9.68. The van der Waals surface area contributed by atoms with Crippen LogP contribution in [0.25, 0.3) is 0 Å². The molecular weight excluding hydrogens is 399 g/mol. The number of amides is 1. The van der Waals surface area contributed by atoms with Crippen LogP contribution in [0.4, 0.5) is 4.39 Å². The number of aliphatic hydroxyl groups excluding tert-OH is 1. The van der Waals surface area contributed by atoms with Gasteiger partial charge in [-0.3, -0.25) is 4.79 Å². The van der Waals surface area contributed by atoms with Crippen LogP contribution in [0.15, 0.2) is 71.9 Å². The van der Waals surface area contributed by atoms with E-state index in [2.05, 4.69) is 10.3 Å². The summed E-state index contributed by atoms with van der Waals surface area (Å²) in [4.78, 5) is 16.8. The van der Waals surface area contributed by atoms with E-state index in [1.54, 1.807) is 54.7 Å². The third-order valence-corrected chi connectivity index (χ3v) is 5.34. The third-order valence-electron chi connectivity index (χ3n) is 4.02. The Labute approximate surface area is 171 Å². The number of rotatable bonds is 7. The zero-order valence-corrected chi connectivity index (χ0v) is 16.4. The molecule has 0 saturated carbocycles. The number of carbonyl (C=O) groups excluding carboxylic acids is 1. The highest BCUT2D eigenvalue weighted by Crippen LogP contribution is 2.24. The maximum Gasteiger partial charge on any atom is 0.254 e. The Kier molecular flexibility index (Phi) is 7.03. The Balaban J connectivity index is 1.61. The molecule has 0 bridgehead atoms. The lowest BCUT2D eigenvalue weighted by molar-refractivity contribution is 0.0912. The largest absolute Gasteiger partial charge is 0.387 e. The maximum atomic E-state index is 13.0. The molecule has 1 unspecified atom stereocenters. The number of thioether (sulfide) groups is 1. The average molecular weight is 417 g/mol. The van der Waals surface area contributed by atoms with Crippen molar-refractivity contribution in [2.75, 3.05) is 6.54 Å². The normalized spacial score (nSPS) is 11.8. The minimum atomic E-state index is -0.840. The first-order valence-electron chi connectivity index (χ1n) is 8.57. The summed E-state index contributed by atoms with van der Waals surface area (Å²) in [5.41, 5.74) is 2.03. The van der Waals surface area contributed by atoms with E-state index in [-0.39, 0.29) is 18.3 Å². The quantitative estimate of drug-likeness (QED) is 0.551. The highest BCUT2D eigenvalue weighted by atomic mass is 35.5. The van der Waals surface area contributed by atoms with Crippen LogP contribution in [-0.2, 0) is 5.75 Å². The molecule has 0 aliphatic rings. The number of pyridine rings is 1. The molecule has 0 aliphatic carbocycles. The van der Waals surface area contributed by atoms with Crippen LogP contribution in [0.3, 0.4) is 0 Å². The number of halogens is 2. The van der Waals surface area contributed by atoms with Gasteiger partial charge in [-0.05, 0) is 47.5 Å². The molecule has 0 saturated heterocycles. The van der Waals surface area contributed by atoms with Crippen LogP contribution in [0.1, 0.15) is 27.6 Å². The fourth-order valence-electron chi connectivity index (χ4n) is 2.50. The zero-order chi connectivity index (χ0) is 19.9. The highest BCUT2D eigenvalue weighted by Gasteiger charge is 2.15. The van der Waals surface area contributed by atoms with Crippen molar-refractivity contribution in [3.05, 3.63) is 94.4 Å². The predicted octanol–water partition coefficient (Wildman–Crippen LogP) is 4.63. The fraction of sp³-hybridized carbons (Fsp3) is 0.143. The summed E-state index contributed by atoms with van der Waals surface area (Å²) in [5, 5.41) is 14.1. The third kappa shape index (κ3) is 5.55. The van der Waals surface area contributed by atoms with Gasteiger partial charge in [0.25, 0.3) is 5.91 Å². The number of benzene rings is 2. The van der Waals surface area contributed by atoms with E-state index >= 15 is 0 Å². The number of aliphatic hydroxyl groups is 1. The van der Waals surface area contributed by atoms with Crippen LogP contribution in [0, 0.1) is 5.82 Å². The molecule has 7 heteroatoms. The van der Waals surface area contributed by atoms with Gasteiger partial charge < -0.3 is 10.4 Å². The zero-order valence-electron chi connectivity index (χ0n) is 14.8. The van der Waals surface area contributed by atoms with Crippen LogP contribution in [0.5, 0.6) is 0 Å². The monoisotopic (exact) mass is 416 g/mol. The summed E-state index contributed by atoms with van der Waals surface area (Å²) in [6.07, 6.45) is 0.778. The van der Waals surface area contributed by atoms with E-state index in [1.807, 2.05) is 0 Å². The SMILES string of the molecule is O=C(NCC(O)c1ccc(Cl)cc1)c1cccnc1SCc1ccc(F)cc1. The minimum Gasteiger partial charge on any atom is -0.387 e. The van der Waals surface area contributed by atoms with E-state index < -0.39 is 6.10 Å². The maximum absolute atomic E-state index is 13.0. The Morgan fingerprint density at radius 1 is 1.14 bits per heavy atom. The second-order valence-corrected chi connectivity index (χ2v) is 7.45. The molecule has 28 heavy (non-hydrogen) atoms. The Bertz CT molecular complexity index is 936. The van der Waals surface area contributed by atoms with Gasteiger partial charge in [-0.15, -0.1) is 11.8 Å². The van der Waals surface area contributed by atoms with E-state index in [1.165, 1.54) is 23.9 Å². The topological polar surface area (TPSA) is 62.2 Å². The summed E-state index contributed by atoms with van der Waals surface area (Å²) in [6, 6.07) is 16.4. The first-order chi connectivity index (χ1) is 13.5. The number of aromatic nitrogens is 1. The van der Waals surface area contributed by atoms with Crippen molar-refractivity contribution >= 4 is 29.3 Å². The molecule has 0 aliphatic heterocycles. The summed E-state index contributed by atoms with van der Waals surface area (Å²) in [7, 11) is 0. The van der Waals surface area contributed by atoms with Crippen LogP contribution < -0.4 is 5.32 Å². The van der Waals surface area contributed by atoms with Crippen molar-refractivity contribution in [3.8, 4) is 0 Å². The highest BCUT2D eigenvalue weighted by molar-refractivity contribution is 7.98. The van der Waals surface area contributed by atoms with Crippen LogP contribution in [-0.4, -0.2) is 22.5 Å². The van der Waals surface area contributed by atoms with Gasteiger partial charge in [0.05, 0.1) is 11.7 Å². The Morgan fingerprint density at radius 3 is 2.57 bits per heavy atom. The molecule has 1 heterocycles. The molecule has 1 aromatic heterocycles. The van der Waals surface area contributed by atoms with Gasteiger partial charge >= 0.3 is 0 Å². The molecule has 144 valence electrons. The number of nitrogens with one attached hydrogen (secondary N) is 1. The molecule has 1 amide bonds. The summed E-state index contributed by atoms with van der Waals surface area (Å²) in [6.45, 7) is 0.0669. The molecule has 3 aromatic rings. The number of hydrogen-bond donors (Lipinski definition) is 2. The van der Waals surface area contributed by atoms with Gasteiger partial charge in [0.1, 0.15) is 10.8 Å². The van der Waals surface area contributed by atoms with E-state index in [9.17, 15) is 14.3 Å². The number of carbonyl (C=O) groups is 1. The van der Waals surface area contributed by atoms with E-state index in [0.29, 0.717) is 26.9 Å². The Morgan fingerprint density at radius 2 is 1.86 bits per heavy atom.